The molecule has 0 bridgehead atoms. The van der Waals surface area contributed by atoms with Gasteiger partial charge in [0.05, 0.1) is 0 Å². The molecule has 0 heterocycles. The van der Waals surface area contributed by atoms with Gasteiger partial charge >= 0.3 is 0 Å². The zero-order chi connectivity index (χ0) is 8.27. The zero-order valence-electron chi connectivity index (χ0n) is 5.64. The second kappa shape index (κ2) is 3.30. The van der Waals surface area contributed by atoms with Gasteiger partial charge in [-0.1, -0.05) is 0 Å². The van der Waals surface area contributed by atoms with Crippen LogP contribution in [0, 0.1) is 11.6 Å². The van der Waals surface area contributed by atoms with Crippen molar-refractivity contribution < 1.29 is 13.9 Å². The van der Waals surface area contributed by atoms with Crippen LogP contribution in [-0.2, 0) is 0 Å². The minimum Gasteiger partial charge on any atom is -0.377 e. The van der Waals surface area contributed by atoms with Crippen molar-refractivity contribution in [1.29, 1.82) is 0 Å². The van der Waals surface area contributed by atoms with Crippen molar-refractivity contribution in [2.24, 2.45) is 0 Å². The van der Waals surface area contributed by atoms with Crippen LogP contribution in [0.4, 0.5) is 14.5 Å². The molecule has 1 aromatic carbocycles. The number of aliphatic hydroxyl groups excluding tert-OH is 1. The fraction of sp³-hybridized carbons (Fsp3) is 0.143. The molecule has 0 amide bonds. The predicted octanol–water partition coefficient (Wildman–Crippen LogP) is 1.33. The number of rotatable bonds is 2. The number of anilines is 1. The lowest BCUT2D eigenvalue weighted by Gasteiger charge is -2.01. The van der Waals surface area contributed by atoms with E-state index in [0.29, 0.717) is 0 Å². The quantitative estimate of drug-likeness (QED) is 0.638. The summed E-state index contributed by atoms with van der Waals surface area (Å²) in [6.07, 6.45) is 0. The van der Waals surface area contributed by atoms with E-state index in [4.69, 9.17) is 5.11 Å². The summed E-state index contributed by atoms with van der Waals surface area (Å²) in [4.78, 5) is 0. The minimum absolute atomic E-state index is 0.227. The molecular weight excluding hydrogens is 152 g/mol. The van der Waals surface area contributed by atoms with Crippen LogP contribution in [0.1, 0.15) is 0 Å². The van der Waals surface area contributed by atoms with Gasteiger partial charge in [-0.3, -0.25) is 0 Å². The van der Waals surface area contributed by atoms with Crippen LogP contribution in [-0.4, -0.2) is 11.8 Å². The standard InChI is InChI=1S/C7H7F2NO/c8-5-1-6(9)3-7(2-5)10-4-11/h1-3,10-11H,4H2. The molecule has 0 aliphatic rings. The highest BCUT2D eigenvalue weighted by molar-refractivity contribution is 5.43. The second-order valence-corrected chi connectivity index (χ2v) is 1.99. The molecule has 0 aliphatic heterocycles. The molecule has 60 valence electrons. The smallest absolute Gasteiger partial charge is 0.128 e. The van der Waals surface area contributed by atoms with Crippen LogP contribution in [0.15, 0.2) is 18.2 Å². The van der Waals surface area contributed by atoms with Crippen molar-refractivity contribution in [2.45, 2.75) is 0 Å². The van der Waals surface area contributed by atoms with E-state index in [1.165, 1.54) is 0 Å². The fourth-order valence-corrected chi connectivity index (χ4v) is 0.747. The fourth-order valence-electron chi connectivity index (χ4n) is 0.747. The van der Waals surface area contributed by atoms with E-state index in [9.17, 15) is 8.78 Å². The van der Waals surface area contributed by atoms with Gasteiger partial charge in [0.2, 0.25) is 0 Å². The number of benzene rings is 1. The maximum Gasteiger partial charge on any atom is 0.128 e. The Morgan fingerprint density at radius 2 is 1.73 bits per heavy atom. The first-order chi connectivity index (χ1) is 5.22. The largest absolute Gasteiger partial charge is 0.377 e. The van der Waals surface area contributed by atoms with Crippen LogP contribution in [0.5, 0.6) is 0 Å². The third kappa shape index (κ3) is 2.16. The van der Waals surface area contributed by atoms with Crippen molar-refractivity contribution in [2.75, 3.05) is 12.0 Å². The van der Waals surface area contributed by atoms with Crippen LogP contribution in [0.3, 0.4) is 0 Å². The van der Waals surface area contributed by atoms with Crippen molar-refractivity contribution in [1.82, 2.24) is 0 Å². The average Bonchev–Trinajstić information content (AvgIpc) is 1.85. The van der Waals surface area contributed by atoms with Crippen molar-refractivity contribution in [3.05, 3.63) is 29.8 Å². The van der Waals surface area contributed by atoms with Gasteiger partial charge in [-0.15, -0.1) is 0 Å². The lowest BCUT2D eigenvalue weighted by Crippen LogP contribution is -1.99. The molecule has 1 rings (SSSR count). The van der Waals surface area contributed by atoms with E-state index in [0.717, 1.165) is 18.2 Å². The molecule has 0 saturated carbocycles. The summed E-state index contributed by atoms with van der Waals surface area (Å²) in [6, 6.07) is 2.96. The number of nitrogens with one attached hydrogen (secondary N) is 1. The van der Waals surface area contributed by atoms with Crippen molar-refractivity contribution in [3.8, 4) is 0 Å². The van der Waals surface area contributed by atoms with Gasteiger partial charge in [0, 0.05) is 11.8 Å². The Labute approximate surface area is 62.5 Å². The Morgan fingerprint density at radius 1 is 1.18 bits per heavy atom. The molecule has 0 saturated heterocycles. The summed E-state index contributed by atoms with van der Waals surface area (Å²) in [7, 11) is 0. The van der Waals surface area contributed by atoms with Gasteiger partial charge in [-0.05, 0) is 12.1 Å². The molecule has 0 radical (unpaired) electrons. The van der Waals surface area contributed by atoms with E-state index in [1.807, 2.05) is 0 Å². The molecular formula is C7H7F2NO. The number of halogens is 2. The SMILES string of the molecule is OCNc1cc(F)cc(F)c1. The highest BCUT2D eigenvalue weighted by atomic mass is 19.1. The summed E-state index contributed by atoms with van der Waals surface area (Å²) in [5.74, 6) is -1.33. The molecule has 4 heteroatoms. The van der Waals surface area contributed by atoms with E-state index < -0.39 is 11.6 Å². The minimum atomic E-state index is -0.666. The summed E-state index contributed by atoms with van der Waals surface area (Å²) in [6.45, 7) is -0.344. The summed E-state index contributed by atoms with van der Waals surface area (Å²) in [5, 5.41) is 10.7. The third-order valence-corrected chi connectivity index (χ3v) is 1.15. The summed E-state index contributed by atoms with van der Waals surface area (Å²) in [5.41, 5.74) is 0.227. The molecule has 0 aromatic heterocycles. The Hall–Kier alpha value is -1.16. The Balaban J connectivity index is 2.89. The van der Waals surface area contributed by atoms with Gasteiger partial charge in [-0.2, -0.15) is 0 Å². The highest BCUT2D eigenvalue weighted by Gasteiger charge is 1.97. The first kappa shape index (κ1) is 7.94. The maximum atomic E-state index is 12.4. The Kier molecular flexibility index (Phi) is 2.38. The molecule has 0 atom stereocenters. The van der Waals surface area contributed by atoms with Gasteiger partial charge in [-0.25, -0.2) is 8.78 Å². The van der Waals surface area contributed by atoms with Gasteiger partial charge in [0.1, 0.15) is 18.4 Å². The second-order valence-electron chi connectivity index (χ2n) is 1.99. The molecule has 2 N–H and O–H groups in total. The van der Waals surface area contributed by atoms with Crippen LogP contribution in [0.2, 0.25) is 0 Å². The van der Waals surface area contributed by atoms with Crippen molar-refractivity contribution >= 4 is 5.69 Å². The lowest BCUT2D eigenvalue weighted by atomic mass is 10.3. The number of hydrogen-bond acceptors (Lipinski definition) is 2. The Bertz CT molecular complexity index is 232. The number of hydrogen-bond donors (Lipinski definition) is 2. The lowest BCUT2D eigenvalue weighted by molar-refractivity contribution is 0.325. The molecule has 0 aliphatic carbocycles. The normalized spacial score (nSPS) is 9.73. The third-order valence-electron chi connectivity index (χ3n) is 1.15. The van der Waals surface area contributed by atoms with Crippen molar-refractivity contribution in [3.63, 3.8) is 0 Å². The molecule has 2 nitrogen and oxygen atoms in total. The van der Waals surface area contributed by atoms with Crippen LogP contribution in [0.25, 0.3) is 0 Å². The zero-order valence-corrected chi connectivity index (χ0v) is 5.64. The maximum absolute atomic E-state index is 12.4. The van der Waals surface area contributed by atoms with Crippen LogP contribution >= 0.6 is 0 Å². The molecule has 1 aromatic rings. The molecule has 0 fully saturated rings. The van der Waals surface area contributed by atoms with Crippen LogP contribution < -0.4 is 5.32 Å². The molecule has 11 heavy (non-hydrogen) atoms. The van der Waals surface area contributed by atoms with E-state index in [-0.39, 0.29) is 12.4 Å². The van der Waals surface area contributed by atoms with E-state index >= 15 is 0 Å². The predicted molar refractivity (Wildman–Crippen MR) is 37.1 cm³/mol. The van der Waals surface area contributed by atoms with Gasteiger partial charge in [0.25, 0.3) is 0 Å². The molecule has 0 unspecified atom stereocenters. The monoisotopic (exact) mass is 159 g/mol. The first-order valence-electron chi connectivity index (χ1n) is 3.03. The van der Waals surface area contributed by atoms with Gasteiger partial charge in [0.15, 0.2) is 0 Å². The van der Waals surface area contributed by atoms with E-state index in [2.05, 4.69) is 5.32 Å². The van der Waals surface area contributed by atoms with E-state index in [1.54, 1.807) is 0 Å². The summed E-state index contributed by atoms with van der Waals surface area (Å²) < 4.78 is 24.8. The topological polar surface area (TPSA) is 32.3 Å². The summed E-state index contributed by atoms with van der Waals surface area (Å²) >= 11 is 0. The molecule has 0 spiro atoms. The first-order valence-corrected chi connectivity index (χ1v) is 3.03. The average molecular weight is 159 g/mol. The Morgan fingerprint density at radius 3 is 2.18 bits per heavy atom. The van der Waals surface area contributed by atoms with Gasteiger partial charge < -0.3 is 10.4 Å². The number of aliphatic hydroxyl groups is 1. The highest BCUT2D eigenvalue weighted by Crippen LogP contribution is 2.11.